The Morgan fingerprint density at radius 3 is 2.47 bits per heavy atom. The third-order valence-electron chi connectivity index (χ3n) is 5.66. The van der Waals surface area contributed by atoms with Gasteiger partial charge in [0.1, 0.15) is 0 Å². The van der Waals surface area contributed by atoms with E-state index in [0.717, 1.165) is 18.3 Å². The van der Waals surface area contributed by atoms with Crippen molar-refractivity contribution < 1.29 is 0 Å². The summed E-state index contributed by atoms with van der Waals surface area (Å²) in [5, 5.41) is 0. The predicted molar refractivity (Wildman–Crippen MR) is 69.8 cm³/mol. The Balaban J connectivity index is 1.90. The third-order valence-corrected chi connectivity index (χ3v) is 5.66. The quantitative estimate of drug-likeness (QED) is 0.445. The van der Waals surface area contributed by atoms with Crippen molar-refractivity contribution in [1.82, 2.24) is 5.43 Å². The molecule has 4 aliphatic carbocycles. The molecule has 4 aliphatic rings. The minimum Gasteiger partial charge on any atom is -0.271 e. The Morgan fingerprint density at radius 1 is 1.35 bits per heavy atom. The summed E-state index contributed by atoms with van der Waals surface area (Å²) in [6.45, 7) is 2.49. The smallest absolute Gasteiger partial charge is 0.0376 e. The lowest BCUT2D eigenvalue weighted by Crippen LogP contribution is -2.59. The average molecular weight is 232 g/mol. The summed E-state index contributed by atoms with van der Waals surface area (Å²) in [5.41, 5.74) is 4.01. The van der Waals surface area contributed by atoms with Crippen molar-refractivity contribution >= 4 is 0 Å². The fourth-order valence-corrected chi connectivity index (χ4v) is 5.78. The molecule has 3 N–H and O–H groups in total. The molecule has 0 amide bonds. The van der Waals surface area contributed by atoms with Crippen LogP contribution in [0.15, 0.2) is 0 Å². The van der Waals surface area contributed by atoms with Gasteiger partial charge in [0.05, 0.1) is 0 Å². The molecule has 0 saturated heterocycles. The summed E-state index contributed by atoms with van der Waals surface area (Å²) in [5.74, 6) is 10.5. The molecule has 0 aromatic rings. The number of nitrogens with one attached hydrogen (secondary N) is 1. The van der Waals surface area contributed by atoms with Crippen LogP contribution in [0.25, 0.3) is 0 Å². The first-order valence-electron chi connectivity index (χ1n) is 6.99. The molecule has 4 bridgehead atoms. The highest BCUT2D eigenvalue weighted by Gasteiger charge is 2.57. The second-order valence-electron chi connectivity index (χ2n) is 7.26. The first-order chi connectivity index (χ1) is 8.09. The van der Waals surface area contributed by atoms with Crippen LogP contribution in [0, 0.1) is 35.0 Å². The number of hydrogen-bond acceptors (Lipinski definition) is 2. The zero-order chi connectivity index (χ0) is 12.1. The van der Waals surface area contributed by atoms with E-state index in [2.05, 4.69) is 18.3 Å². The Kier molecular flexibility index (Phi) is 2.54. The minimum atomic E-state index is 0.331. The molecular formula is C15H24N2. The van der Waals surface area contributed by atoms with Crippen molar-refractivity contribution in [3.05, 3.63) is 0 Å². The van der Waals surface area contributed by atoms with E-state index in [-0.39, 0.29) is 0 Å². The van der Waals surface area contributed by atoms with Gasteiger partial charge in [0.25, 0.3) is 0 Å². The minimum absolute atomic E-state index is 0.331. The van der Waals surface area contributed by atoms with E-state index in [0.29, 0.717) is 16.9 Å². The lowest BCUT2D eigenvalue weighted by Gasteiger charge is -2.63. The van der Waals surface area contributed by atoms with E-state index >= 15 is 0 Å². The fraction of sp³-hybridized carbons (Fsp3) is 0.867. The maximum absolute atomic E-state index is 5.78. The molecule has 94 valence electrons. The summed E-state index contributed by atoms with van der Waals surface area (Å²) in [7, 11) is 0. The molecule has 2 nitrogen and oxygen atoms in total. The first-order valence-corrected chi connectivity index (χ1v) is 6.99. The lowest BCUT2D eigenvalue weighted by atomic mass is 9.43. The second-order valence-corrected chi connectivity index (χ2v) is 7.26. The molecule has 2 heteroatoms. The summed E-state index contributed by atoms with van der Waals surface area (Å²) in [6.07, 6.45) is 14.7. The van der Waals surface area contributed by atoms with Gasteiger partial charge in [0.2, 0.25) is 0 Å². The molecule has 17 heavy (non-hydrogen) atoms. The van der Waals surface area contributed by atoms with E-state index in [9.17, 15) is 0 Å². The number of nitrogens with two attached hydrogens (primary N) is 1. The highest BCUT2D eigenvalue weighted by atomic mass is 15.2. The molecule has 0 heterocycles. The van der Waals surface area contributed by atoms with E-state index in [4.69, 9.17) is 12.3 Å². The zero-order valence-electron chi connectivity index (χ0n) is 10.8. The van der Waals surface area contributed by atoms with Gasteiger partial charge in [-0.2, -0.15) is 0 Å². The second kappa shape index (κ2) is 3.73. The van der Waals surface area contributed by atoms with Crippen LogP contribution in [-0.2, 0) is 0 Å². The molecule has 3 atom stereocenters. The van der Waals surface area contributed by atoms with Gasteiger partial charge >= 0.3 is 0 Å². The molecule has 4 fully saturated rings. The van der Waals surface area contributed by atoms with Crippen molar-refractivity contribution in [3.63, 3.8) is 0 Å². The van der Waals surface area contributed by atoms with E-state index in [1.54, 1.807) is 0 Å². The first kappa shape index (κ1) is 11.6. The van der Waals surface area contributed by atoms with Crippen LogP contribution < -0.4 is 11.3 Å². The van der Waals surface area contributed by atoms with Gasteiger partial charge in [-0.1, -0.05) is 6.92 Å². The number of terminal acetylenes is 1. The average Bonchev–Trinajstić information content (AvgIpc) is 2.22. The van der Waals surface area contributed by atoms with E-state index in [1.807, 2.05) is 0 Å². The van der Waals surface area contributed by atoms with Crippen LogP contribution in [-0.4, -0.2) is 6.04 Å². The van der Waals surface area contributed by atoms with Crippen molar-refractivity contribution in [1.29, 1.82) is 0 Å². The van der Waals surface area contributed by atoms with Crippen LogP contribution in [0.4, 0.5) is 0 Å². The van der Waals surface area contributed by atoms with Gasteiger partial charge in [-0.05, 0) is 61.2 Å². The van der Waals surface area contributed by atoms with Crippen molar-refractivity contribution in [2.45, 2.75) is 57.9 Å². The summed E-state index contributed by atoms with van der Waals surface area (Å²) >= 11 is 0. The number of hydrazine groups is 1. The van der Waals surface area contributed by atoms with Crippen LogP contribution in [0.3, 0.4) is 0 Å². The summed E-state index contributed by atoms with van der Waals surface area (Å²) < 4.78 is 0. The Morgan fingerprint density at radius 2 is 2.00 bits per heavy atom. The van der Waals surface area contributed by atoms with Crippen molar-refractivity contribution in [3.8, 4) is 12.3 Å². The normalized spacial score (nSPS) is 49.0. The highest BCUT2D eigenvalue weighted by molar-refractivity contribution is 5.11. The zero-order valence-corrected chi connectivity index (χ0v) is 10.8. The molecule has 3 unspecified atom stereocenters. The molecular weight excluding hydrogens is 208 g/mol. The van der Waals surface area contributed by atoms with Gasteiger partial charge in [-0.3, -0.25) is 11.3 Å². The van der Waals surface area contributed by atoms with Gasteiger partial charge in [0, 0.05) is 12.5 Å². The third kappa shape index (κ3) is 1.72. The van der Waals surface area contributed by atoms with Crippen LogP contribution in [0.1, 0.15) is 51.9 Å². The largest absolute Gasteiger partial charge is 0.271 e. The molecule has 4 saturated carbocycles. The maximum Gasteiger partial charge on any atom is 0.0376 e. The van der Waals surface area contributed by atoms with Gasteiger partial charge in [-0.25, -0.2) is 0 Å². The van der Waals surface area contributed by atoms with Crippen LogP contribution in [0.2, 0.25) is 0 Å². The topological polar surface area (TPSA) is 38.0 Å². The molecule has 0 aromatic carbocycles. The fourth-order valence-electron chi connectivity index (χ4n) is 5.78. The SMILES string of the molecule is C#CCC(NN)C12CC3CC(CC(C)(C3)C1)C2. The number of hydrogen-bond donors (Lipinski definition) is 2. The van der Waals surface area contributed by atoms with E-state index in [1.165, 1.54) is 38.5 Å². The molecule has 0 radical (unpaired) electrons. The van der Waals surface area contributed by atoms with Crippen LogP contribution in [0.5, 0.6) is 0 Å². The molecule has 0 spiro atoms. The predicted octanol–water partition coefficient (Wildman–Crippen LogP) is 2.45. The van der Waals surface area contributed by atoms with Crippen LogP contribution >= 0.6 is 0 Å². The molecule has 4 rings (SSSR count). The van der Waals surface area contributed by atoms with Gasteiger partial charge in [0.15, 0.2) is 0 Å². The number of rotatable bonds is 3. The monoisotopic (exact) mass is 232 g/mol. The van der Waals surface area contributed by atoms with Gasteiger partial charge < -0.3 is 0 Å². The van der Waals surface area contributed by atoms with Gasteiger partial charge in [-0.15, -0.1) is 12.3 Å². The standard InChI is InChI=1S/C15H24N2/c1-3-4-13(17-16)15-8-11-5-12(9-15)7-14(2,6-11)10-15/h1,11-13,17H,4-10,16H2,2H3. The Labute approximate surface area is 105 Å². The van der Waals surface area contributed by atoms with Crippen molar-refractivity contribution in [2.24, 2.45) is 28.5 Å². The maximum atomic E-state index is 5.78. The lowest BCUT2D eigenvalue weighted by molar-refractivity contribution is -0.117. The Bertz CT molecular complexity index is 340. The molecule has 0 aromatic heterocycles. The van der Waals surface area contributed by atoms with E-state index < -0.39 is 0 Å². The van der Waals surface area contributed by atoms with Crippen molar-refractivity contribution in [2.75, 3.05) is 0 Å². The highest BCUT2D eigenvalue weighted by Crippen LogP contribution is 2.66. The summed E-state index contributed by atoms with van der Waals surface area (Å²) in [6, 6.07) is 0.331. The molecule has 0 aliphatic heterocycles. The Hall–Kier alpha value is -0.520. The summed E-state index contributed by atoms with van der Waals surface area (Å²) in [4.78, 5) is 0.